The molecule has 3 rings (SSSR count). The Bertz CT molecular complexity index is 848. The number of thioether (sulfide) groups is 1. The van der Waals surface area contributed by atoms with Crippen LogP contribution in [0.25, 0.3) is 6.08 Å². The van der Waals surface area contributed by atoms with Crippen LogP contribution in [0.4, 0.5) is 10.5 Å². The minimum atomic E-state index is -0.414. The van der Waals surface area contributed by atoms with E-state index in [2.05, 4.69) is 0 Å². The summed E-state index contributed by atoms with van der Waals surface area (Å²) in [6.45, 7) is 0. The molecule has 1 heterocycles. The number of methoxy groups -OCH3 is 1. The molecule has 24 heavy (non-hydrogen) atoms. The molecule has 2 amide bonds. The molecule has 1 aliphatic rings. The van der Waals surface area contributed by atoms with Gasteiger partial charge in [0.15, 0.2) is 11.5 Å². The van der Waals surface area contributed by atoms with Crippen molar-refractivity contribution in [2.24, 2.45) is 0 Å². The van der Waals surface area contributed by atoms with Crippen LogP contribution in [0.3, 0.4) is 0 Å². The molecule has 0 bridgehead atoms. The number of hydrogen-bond acceptors (Lipinski definition) is 5. The maximum Gasteiger partial charge on any atom is 0.298 e. The lowest BCUT2D eigenvalue weighted by Gasteiger charge is -2.12. The van der Waals surface area contributed by atoms with Crippen LogP contribution < -0.4 is 9.64 Å². The summed E-state index contributed by atoms with van der Waals surface area (Å²) in [6, 6.07) is 11.2. The number of ether oxygens (including phenoxy) is 1. The second-order valence-electron chi connectivity index (χ2n) is 4.92. The molecule has 7 heteroatoms. The SMILES string of the molecule is COc1ccc(C=C2SC(=O)N(c3ccc(Cl)cc3)C2=O)cc1O. The molecule has 0 saturated carbocycles. The molecule has 2 aromatic rings. The fourth-order valence-corrected chi connectivity index (χ4v) is 3.20. The van der Waals surface area contributed by atoms with Crippen LogP contribution in [0.5, 0.6) is 11.5 Å². The van der Waals surface area contributed by atoms with Crippen LogP contribution >= 0.6 is 23.4 Å². The molecular weight excluding hydrogens is 350 g/mol. The van der Waals surface area contributed by atoms with Crippen LogP contribution in [0, 0.1) is 0 Å². The number of phenols is 1. The molecule has 5 nitrogen and oxygen atoms in total. The lowest BCUT2D eigenvalue weighted by molar-refractivity contribution is -0.113. The van der Waals surface area contributed by atoms with Crippen molar-refractivity contribution in [1.82, 2.24) is 0 Å². The van der Waals surface area contributed by atoms with Crippen molar-refractivity contribution < 1.29 is 19.4 Å². The number of carbonyl (C=O) groups excluding carboxylic acids is 2. The Balaban J connectivity index is 1.90. The number of hydrogen-bond donors (Lipinski definition) is 1. The molecular formula is C17H12ClNO4S. The predicted molar refractivity (Wildman–Crippen MR) is 94.6 cm³/mol. The van der Waals surface area contributed by atoms with E-state index < -0.39 is 5.91 Å². The van der Waals surface area contributed by atoms with Gasteiger partial charge in [-0.1, -0.05) is 17.7 Å². The molecule has 1 aliphatic heterocycles. The van der Waals surface area contributed by atoms with Crippen LogP contribution in [-0.2, 0) is 4.79 Å². The van der Waals surface area contributed by atoms with E-state index in [9.17, 15) is 14.7 Å². The van der Waals surface area contributed by atoms with E-state index in [4.69, 9.17) is 16.3 Å². The third-order valence-corrected chi connectivity index (χ3v) is 4.50. The highest BCUT2D eigenvalue weighted by molar-refractivity contribution is 8.19. The molecule has 1 fully saturated rings. The summed E-state index contributed by atoms with van der Waals surface area (Å²) >= 11 is 6.67. The molecule has 0 spiro atoms. The Labute approximate surface area is 147 Å². The van der Waals surface area contributed by atoms with Crippen molar-refractivity contribution in [2.45, 2.75) is 0 Å². The normalized spacial score (nSPS) is 16.1. The van der Waals surface area contributed by atoms with Gasteiger partial charge in [0.1, 0.15) is 0 Å². The molecule has 0 unspecified atom stereocenters. The van der Waals surface area contributed by atoms with Gasteiger partial charge >= 0.3 is 0 Å². The number of aromatic hydroxyl groups is 1. The second kappa shape index (κ2) is 6.59. The summed E-state index contributed by atoms with van der Waals surface area (Å²) in [6.07, 6.45) is 1.56. The number of carbonyl (C=O) groups is 2. The number of rotatable bonds is 3. The van der Waals surface area contributed by atoms with E-state index >= 15 is 0 Å². The van der Waals surface area contributed by atoms with Crippen LogP contribution in [0.2, 0.25) is 5.02 Å². The summed E-state index contributed by atoms with van der Waals surface area (Å²) < 4.78 is 4.98. The Morgan fingerprint density at radius 2 is 1.88 bits per heavy atom. The molecule has 2 aromatic carbocycles. The third kappa shape index (κ3) is 3.11. The van der Waals surface area contributed by atoms with Crippen LogP contribution in [0.15, 0.2) is 47.4 Å². The van der Waals surface area contributed by atoms with E-state index in [0.717, 1.165) is 16.7 Å². The standard InChI is InChI=1S/C17H12ClNO4S/c1-23-14-7-2-10(8-13(14)20)9-15-16(21)19(17(22)24-15)12-5-3-11(18)4-6-12/h2-9,20H,1H3. The minimum absolute atomic E-state index is 0.0387. The van der Waals surface area contributed by atoms with Gasteiger partial charge in [0.25, 0.3) is 11.1 Å². The van der Waals surface area contributed by atoms with Gasteiger partial charge < -0.3 is 9.84 Å². The van der Waals surface area contributed by atoms with E-state index in [-0.39, 0.29) is 15.9 Å². The first-order valence-corrected chi connectivity index (χ1v) is 8.09. The van der Waals surface area contributed by atoms with Crippen molar-refractivity contribution in [2.75, 3.05) is 12.0 Å². The molecule has 0 aliphatic carbocycles. The highest BCUT2D eigenvalue weighted by atomic mass is 35.5. The van der Waals surface area contributed by atoms with Crippen molar-refractivity contribution in [3.05, 3.63) is 58.0 Å². The lowest BCUT2D eigenvalue weighted by Crippen LogP contribution is -2.27. The van der Waals surface area contributed by atoms with Crippen molar-refractivity contribution in [3.63, 3.8) is 0 Å². The van der Waals surface area contributed by atoms with Crippen molar-refractivity contribution in [3.8, 4) is 11.5 Å². The summed E-state index contributed by atoms with van der Waals surface area (Å²) in [5, 5.41) is 9.94. The van der Waals surface area contributed by atoms with E-state index in [1.54, 1.807) is 42.5 Å². The van der Waals surface area contributed by atoms with Crippen LogP contribution in [-0.4, -0.2) is 23.4 Å². The first-order valence-electron chi connectivity index (χ1n) is 6.90. The molecule has 0 atom stereocenters. The first kappa shape index (κ1) is 16.4. The van der Waals surface area contributed by atoms with Crippen LogP contribution in [0.1, 0.15) is 5.56 Å². The minimum Gasteiger partial charge on any atom is -0.504 e. The number of halogens is 1. The van der Waals surface area contributed by atoms with Gasteiger partial charge in [0.05, 0.1) is 17.7 Å². The molecule has 1 N–H and O–H groups in total. The predicted octanol–water partition coefficient (Wildman–Crippen LogP) is 4.30. The first-order chi connectivity index (χ1) is 11.5. The van der Waals surface area contributed by atoms with Gasteiger partial charge in [-0.3, -0.25) is 9.59 Å². The number of benzene rings is 2. The van der Waals surface area contributed by atoms with Gasteiger partial charge in [0, 0.05) is 5.02 Å². The van der Waals surface area contributed by atoms with Gasteiger partial charge in [-0.25, -0.2) is 4.90 Å². The average Bonchev–Trinajstić information content (AvgIpc) is 2.83. The van der Waals surface area contributed by atoms with Crippen molar-refractivity contribution >= 4 is 46.3 Å². The van der Waals surface area contributed by atoms with E-state index in [1.807, 2.05) is 0 Å². The maximum atomic E-state index is 12.5. The van der Waals surface area contributed by atoms with Gasteiger partial charge in [-0.2, -0.15) is 0 Å². The Morgan fingerprint density at radius 3 is 2.50 bits per heavy atom. The fraction of sp³-hybridized carbons (Fsp3) is 0.0588. The highest BCUT2D eigenvalue weighted by Crippen LogP contribution is 2.37. The average molecular weight is 362 g/mol. The Hall–Kier alpha value is -2.44. The molecule has 1 saturated heterocycles. The maximum absolute atomic E-state index is 12.5. The summed E-state index contributed by atoms with van der Waals surface area (Å²) in [7, 11) is 1.45. The molecule has 0 radical (unpaired) electrons. The van der Waals surface area contributed by atoms with Crippen molar-refractivity contribution in [1.29, 1.82) is 0 Å². The summed E-state index contributed by atoms with van der Waals surface area (Å²) in [4.78, 5) is 26.0. The van der Waals surface area contributed by atoms with E-state index in [0.29, 0.717) is 22.0 Å². The summed E-state index contributed by atoms with van der Waals surface area (Å²) in [5.41, 5.74) is 1.05. The van der Waals surface area contributed by atoms with E-state index in [1.165, 1.54) is 13.2 Å². The zero-order valence-corrected chi connectivity index (χ0v) is 14.1. The smallest absolute Gasteiger partial charge is 0.298 e. The number of amides is 2. The van der Waals surface area contributed by atoms with Gasteiger partial charge in [-0.15, -0.1) is 0 Å². The zero-order chi connectivity index (χ0) is 17.3. The second-order valence-corrected chi connectivity index (χ2v) is 6.35. The largest absolute Gasteiger partial charge is 0.504 e. The topological polar surface area (TPSA) is 66.8 Å². The fourth-order valence-electron chi connectivity index (χ4n) is 2.23. The number of imide groups is 1. The Morgan fingerprint density at radius 1 is 1.17 bits per heavy atom. The summed E-state index contributed by atoms with van der Waals surface area (Å²) in [5.74, 6) is -0.118. The monoisotopic (exact) mass is 361 g/mol. The Kier molecular flexibility index (Phi) is 4.51. The molecule has 0 aromatic heterocycles. The van der Waals surface area contributed by atoms with Gasteiger partial charge in [-0.05, 0) is 59.8 Å². The molecule has 122 valence electrons. The highest BCUT2D eigenvalue weighted by Gasteiger charge is 2.36. The quantitative estimate of drug-likeness (QED) is 0.826. The number of phenolic OH excluding ortho intramolecular Hbond substituents is 1. The number of anilines is 1. The lowest BCUT2D eigenvalue weighted by atomic mass is 10.2. The third-order valence-electron chi connectivity index (χ3n) is 3.38. The zero-order valence-electron chi connectivity index (χ0n) is 12.5. The number of nitrogens with zero attached hydrogens (tertiary/aromatic N) is 1. The van der Waals surface area contributed by atoms with Gasteiger partial charge in [0.2, 0.25) is 0 Å².